The second-order valence-electron chi connectivity index (χ2n) is 5.60. The van der Waals surface area contributed by atoms with E-state index >= 15 is 0 Å². The van der Waals surface area contributed by atoms with Gasteiger partial charge >= 0.3 is 0 Å². The van der Waals surface area contributed by atoms with Gasteiger partial charge in [-0.25, -0.2) is 0 Å². The monoisotopic (exact) mass is 286 g/mol. The predicted molar refractivity (Wildman–Crippen MR) is 77.9 cm³/mol. The maximum Gasteiger partial charge on any atom is 0.255 e. The Bertz CT molecular complexity index is 655. The van der Waals surface area contributed by atoms with E-state index in [1.54, 1.807) is 12.3 Å². The second-order valence-corrected chi connectivity index (χ2v) is 5.60. The van der Waals surface area contributed by atoms with E-state index in [4.69, 9.17) is 4.42 Å². The van der Waals surface area contributed by atoms with Gasteiger partial charge in [-0.2, -0.15) is 0 Å². The summed E-state index contributed by atoms with van der Waals surface area (Å²) in [4.78, 5) is 28.2. The molecule has 1 amide bonds. The lowest BCUT2D eigenvalue weighted by molar-refractivity contribution is 0.0520. The molecule has 21 heavy (non-hydrogen) atoms. The first-order valence-corrected chi connectivity index (χ1v) is 7.18. The van der Waals surface area contributed by atoms with Gasteiger partial charge in [-0.3, -0.25) is 9.59 Å². The van der Waals surface area contributed by atoms with Crippen LogP contribution in [-0.2, 0) is 0 Å². The highest BCUT2D eigenvalue weighted by Crippen LogP contribution is 2.35. The first kappa shape index (κ1) is 13.7. The number of likely N-dealkylation sites (tertiary alicyclic amines) is 1. The van der Waals surface area contributed by atoms with Gasteiger partial charge in [0.2, 0.25) is 5.56 Å². The standard InChI is InChI=1S/C16H18N2O3/c1-11-6-7-18(13(9-11)14-3-2-8-21-14)16(20)12-4-5-15(19)17-10-12/h2-5,8,10-11,13H,6-7,9H2,1H3,(H,17,19)/t11-,13-/m0/s1. The van der Waals surface area contributed by atoms with Gasteiger partial charge in [0.15, 0.2) is 0 Å². The van der Waals surface area contributed by atoms with Crippen LogP contribution in [0.1, 0.15) is 41.9 Å². The molecule has 1 aliphatic heterocycles. The molecule has 0 spiro atoms. The van der Waals surface area contributed by atoms with Crippen molar-refractivity contribution in [2.45, 2.75) is 25.8 Å². The highest BCUT2D eigenvalue weighted by atomic mass is 16.3. The Hall–Kier alpha value is -2.30. The first-order chi connectivity index (χ1) is 10.1. The molecule has 0 bridgehead atoms. The molecule has 1 aliphatic rings. The molecule has 5 nitrogen and oxygen atoms in total. The maximum atomic E-state index is 12.7. The minimum Gasteiger partial charge on any atom is -0.467 e. The SMILES string of the molecule is C[C@H]1CCN(C(=O)c2ccc(=O)[nH]c2)[C@H](c2ccco2)C1. The minimum absolute atomic E-state index is 0.0387. The Morgan fingerprint density at radius 1 is 1.38 bits per heavy atom. The van der Waals surface area contributed by atoms with Crippen molar-refractivity contribution in [1.82, 2.24) is 9.88 Å². The van der Waals surface area contributed by atoms with Gasteiger partial charge in [-0.1, -0.05) is 6.92 Å². The largest absolute Gasteiger partial charge is 0.467 e. The van der Waals surface area contributed by atoms with E-state index in [1.165, 1.54) is 12.3 Å². The highest BCUT2D eigenvalue weighted by molar-refractivity contribution is 5.94. The van der Waals surface area contributed by atoms with E-state index in [0.717, 1.165) is 18.6 Å². The van der Waals surface area contributed by atoms with Crippen LogP contribution in [0.3, 0.4) is 0 Å². The minimum atomic E-state index is -0.207. The smallest absolute Gasteiger partial charge is 0.255 e. The van der Waals surface area contributed by atoms with Crippen molar-refractivity contribution in [1.29, 1.82) is 0 Å². The quantitative estimate of drug-likeness (QED) is 0.922. The Kier molecular flexibility index (Phi) is 3.64. The number of aromatic nitrogens is 1. The number of carbonyl (C=O) groups is 1. The van der Waals surface area contributed by atoms with E-state index in [0.29, 0.717) is 18.0 Å². The van der Waals surface area contributed by atoms with E-state index in [-0.39, 0.29) is 17.5 Å². The van der Waals surface area contributed by atoms with E-state index in [1.807, 2.05) is 17.0 Å². The third-order valence-electron chi connectivity index (χ3n) is 4.03. The summed E-state index contributed by atoms with van der Waals surface area (Å²) >= 11 is 0. The second kappa shape index (κ2) is 5.60. The number of nitrogens with one attached hydrogen (secondary N) is 1. The van der Waals surface area contributed by atoms with Gasteiger partial charge in [0.25, 0.3) is 5.91 Å². The summed E-state index contributed by atoms with van der Waals surface area (Å²) in [7, 11) is 0. The summed E-state index contributed by atoms with van der Waals surface area (Å²) < 4.78 is 5.51. The van der Waals surface area contributed by atoms with Gasteiger partial charge in [-0.15, -0.1) is 0 Å². The molecular formula is C16H18N2O3. The van der Waals surface area contributed by atoms with Gasteiger partial charge in [-0.05, 0) is 37.0 Å². The van der Waals surface area contributed by atoms with Crippen molar-refractivity contribution in [3.05, 3.63) is 58.4 Å². The molecule has 0 saturated carbocycles. The summed E-state index contributed by atoms with van der Waals surface area (Å²) in [6, 6.07) is 6.66. The number of piperidine rings is 1. The van der Waals surface area contributed by atoms with Crippen LogP contribution < -0.4 is 5.56 Å². The van der Waals surface area contributed by atoms with Gasteiger partial charge in [0.05, 0.1) is 17.9 Å². The number of carbonyl (C=O) groups excluding carboxylic acids is 1. The van der Waals surface area contributed by atoms with Crippen LogP contribution in [0.5, 0.6) is 0 Å². The molecule has 110 valence electrons. The van der Waals surface area contributed by atoms with Crippen LogP contribution in [0.4, 0.5) is 0 Å². The lowest BCUT2D eigenvalue weighted by atomic mass is 9.90. The van der Waals surface area contributed by atoms with E-state index in [9.17, 15) is 9.59 Å². The molecule has 2 aromatic rings. The summed E-state index contributed by atoms with van der Waals surface area (Å²) in [5, 5.41) is 0. The molecule has 3 rings (SSSR count). The summed E-state index contributed by atoms with van der Waals surface area (Å²) in [5.74, 6) is 1.30. The molecule has 5 heteroatoms. The zero-order valence-corrected chi connectivity index (χ0v) is 11.9. The number of rotatable bonds is 2. The van der Waals surface area contributed by atoms with Crippen LogP contribution in [0, 0.1) is 5.92 Å². The van der Waals surface area contributed by atoms with Crippen LogP contribution in [0.25, 0.3) is 0 Å². The van der Waals surface area contributed by atoms with E-state index < -0.39 is 0 Å². The Balaban J connectivity index is 1.89. The number of amides is 1. The zero-order valence-electron chi connectivity index (χ0n) is 11.9. The number of hydrogen-bond donors (Lipinski definition) is 1. The predicted octanol–water partition coefficient (Wildman–Crippen LogP) is 2.58. The fraction of sp³-hybridized carbons (Fsp3) is 0.375. The molecular weight excluding hydrogens is 268 g/mol. The molecule has 2 atom stereocenters. The molecule has 0 aromatic carbocycles. The number of hydrogen-bond acceptors (Lipinski definition) is 3. The number of H-pyrrole nitrogens is 1. The van der Waals surface area contributed by atoms with Crippen molar-refractivity contribution in [3.8, 4) is 0 Å². The third kappa shape index (κ3) is 2.77. The Labute approximate surface area is 122 Å². The lowest BCUT2D eigenvalue weighted by Crippen LogP contribution is -2.40. The molecule has 0 unspecified atom stereocenters. The van der Waals surface area contributed by atoms with Crippen molar-refractivity contribution < 1.29 is 9.21 Å². The Morgan fingerprint density at radius 3 is 2.90 bits per heavy atom. The third-order valence-corrected chi connectivity index (χ3v) is 4.03. The maximum absolute atomic E-state index is 12.7. The molecule has 0 radical (unpaired) electrons. The van der Waals surface area contributed by atoms with Crippen LogP contribution in [0.15, 0.2) is 45.9 Å². The molecule has 1 saturated heterocycles. The van der Waals surface area contributed by atoms with Gasteiger partial charge in [0.1, 0.15) is 5.76 Å². The number of furan rings is 1. The van der Waals surface area contributed by atoms with Crippen LogP contribution in [0.2, 0.25) is 0 Å². The van der Waals surface area contributed by atoms with Crippen molar-refractivity contribution >= 4 is 5.91 Å². The number of nitrogens with zero attached hydrogens (tertiary/aromatic N) is 1. The van der Waals surface area contributed by atoms with Gasteiger partial charge < -0.3 is 14.3 Å². The van der Waals surface area contributed by atoms with Crippen LogP contribution in [-0.4, -0.2) is 22.3 Å². The first-order valence-electron chi connectivity index (χ1n) is 7.18. The fourth-order valence-corrected chi connectivity index (χ4v) is 2.84. The number of aromatic amines is 1. The average Bonchev–Trinajstić information content (AvgIpc) is 3.01. The summed E-state index contributed by atoms with van der Waals surface area (Å²) in [6.45, 7) is 2.89. The molecule has 2 aromatic heterocycles. The number of pyridine rings is 1. The van der Waals surface area contributed by atoms with Crippen molar-refractivity contribution in [2.24, 2.45) is 5.92 Å². The topological polar surface area (TPSA) is 66.3 Å². The van der Waals surface area contributed by atoms with Crippen LogP contribution >= 0.6 is 0 Å². The van der Waals surface area contributed by atoms with Crippen molar-refractivity contribution in [3.63, 3.8) is 0 Å². The molecule has 1 N–H and O–H groups in total. The van der Waals surface area contributed by atoms with E-state index in [2.05, 4.69) is 11.9 Å². The Morgan fingerprint density at radius 2 is 2.24 bits per heavy atom. The summed E-state index contributed by atoms with van der Waals surface area (Å²) in [5.41, 5.74) is 0.294. The highest BCUT2D eigenvalue weighted by Gasteiger charge is 2.33. The molecule has 3 heterocycles. The zero-order chi connectivity index (χ0) is 14.8. The normalized spacial score (nSPS) is 22.2. The fourth-order valence-electron chi connectivity index (χ4n) is 2.84. The lowest BCUT2D eigenvalue weighted by Gasteiger charge is -2.37. The average molecular weight is 286 g/mol. The van der Waals surface area contributed by atoms with Gasteiger partial charge in [0, 0.05) is 18.8 Å². The summed E-state index contributed by atoms with van der Waals surface area (Å²) in [6.07, 6.45) is 4.98. The van der Waals surface area contributed by atoms with Crippen molar-refractivity contribution in [2.75, 3.05) is 6.54 Å². The molecule has 0 aliphatic carbocycles. The molecule has 1 fully saturated rings.